The van der Waals surface area contributed by atoms with Crippen LogP contribution in [0.5, 0.6) is 0 Å². The van der Waals surface area contributed by atoms with Gasteiger partial charge in [0, 0.05) is 43.0 Å². The first-order valence-electron chi connectivity index (χ1n) is 11.2. The number of nitrogens with zero attached hydrogens (tertiary/aromatic N) is 5. The van der Waals surface area contributed by atoms with E-state index in [0.717, 1.165) is 55.1 Å². The topological polar surface area (TPSA) is 53.7 Å². The molecule has 4 heterocycles. The number of amides is 1. The average Bonchev–Trinajstić information content (AvgIpc) is 3.44. The monoisotopic (exact) mass is 421 g/mol. The molecule has 7 heteroatoms. The van der Waals surface area contributed by atoms with Crippen molar-refractivity contribution in [2.24, 2.45) is 0 Å². The van der Waals surface area contributed by atoms with E-state index in [1.54, 1.807) is 19.1 Å². The van der Waals surface area contributed by atoms with Gasteiger partial charge in [-0.05, 0) is 69.7 Å². The van der Waals surface area contributed by atoms with Gasteiger partial charge in [0.05, 0.1) is 11.7 Å². The van der Waals surface area contributed by atoms with Crippen LogP contribution in [0.3, 0.4) is 0 Å². The van der Waals surface area contributed by atoms with E-state index < -0.39 is 0 Å². The van der Waals surface area contributed by atoms with Gasteiger partial charge in [0.1, 0.15) is 11.6 Å². The molecule has 0 saturated carbocycles. The van der Waals surface area contributed by atoms with Crippen LogP contribution in [0.4, 0.5) is 10.2 Å². The van der Waals surface area contributed by atoms with Crippen LogP contribution in [-0.2, 0) is 0 Å². The average molecular weight is 422 g/mol. The van der Waals surface area contributed by atoms with Gasteiger partial charge < -0.3 is 9.80 Å². The van der Waals surface area contributed by atoms with Crippen LogP contribution in [0.1, 0.15) is 65.3 Å². The normalized spacial score (nSPS) is 19.4. The quantitative estimate of drug-likeness (QED) is 0.627. The molecule has 1 aromatic carbocycles. The molecule has 0 radical (unpaired) electrons. The highest BCUT2D eigenvalue weighted by Gasteiger charge is 2.31. The standard InChI is InChI=1S/C24H28FN5O/c1-16-13-18(8-9-19(16)25)24(31)29-12-4-3-7-21(29)20-14-22-26-23(28-10-5-6-11-28)17(2)15-30(22)27-20/h8-9,13-15,21H,3-7,10-12H2,1-2H3. The minimum atomic E-state index is -0.289. The van der Waals surface area contributed by atoms with E-state index in [1.165, 1.54) is 18.9 Å². The molecule has 31 heavy (non-hydrogen) atoms. The predicted molar refractivity (Wildman–Crippen MR) is 118 cm³/mol. The van der Waals surface area contributed by atoms with Crippen molar-refractivity contribution in [3.05, 3.63) is 58.7 Å². The van der Waals surface area contributed by atoms with Gasteiger partial charge in [-0.1, -0.05) is 0 Å². The van der Waals surface area contributed by atoms with E-state index in [2.05, 4.69) is 11.8 Å². The molecular formula is C24H28FN5O. The summed E-state index contributed by atoms with van der Waals surface area (Å²) >= 11 is 0. The number of piperidine rings is 1. The van der Waals surface area contributed by atoms with Crippen molar-refractivity contribution in [2.45, 2.75) is 52.0 Å². The number of carbonyl (C=O) groups is 1. The minimum absolute atomic E-state index is 0.0632. The van der Waals surface area contributed by atoms with Gasteiger partial charge in [0.15, 0.2) is 5.65 Å². The number of fused-ring (bicyclic) bond motifs is 1. The molecule has 2 fully saturated rings. The number of benzene rings is 1. The molecule has 5 rings (SSSR count). The van der Waals surface area contributed by atoms with Crippen LogP contribution in [0.15, 0.2) is 30.5 Å². The molecule has 2 aliphatic rings. The molecule has 2 aliphatic heterocycles. The summed E-state index contributed by atoms with van der Waals surface area (Å²) in [5, 5.41) is 4.80. The molecule has 6 nitrogen and oxygen atoms in total. The number of halogens is 1. The molecule has 2 saturated heterocycles. The highest BCUT2D eigenvalue weighted by molar-refractivity contribution is 5.94. The molecule has 162 valence electrons. The molecule has 0 aliphatic carbocycles. The van der Waals surface area contributed by atoms with E-state index in [-0.39, 0.29) is 17.8 Å². The third kappa shape index (κ3) is 3.66. The van der Waals surface area contributed by atoms with E-state index in [0.29, 0.717) is 17.7 Å². The number of carbonyl (C=O) groups excluding carboxylic acids is 1. The van der Waals surface area contributed by atoms with Gasteiger partial charge in [0.2, 0.25) is 0 Å². The SMILES string of the molecule is Cc1cc(C(=O)N2CCCCC2c2cc3nc(N4CCCC4)c(C)cn3n2)ccc1F. The summed E-state index contributed by atoms with van der Waals surface area (Å²) in [5.74, 6) is 0.684. The van der Waals surface area contributed by atoms with Gasteiger partial charge >= 0.3 is 0 Å². The summed E-state index contributed by atoms with van der Waals surface area (Å²) in [6.07, 6.45) is 7.34. The Bertz CT molecular complexity index is 1130. The first kappa shape index (κ1) is 20.0. The number of anilines is 1. The molecule has 3 aromatic rings. The number of aromatic nitrogens is 3. The maximum atomic E-state index is 13.7. The summed E-state index contributed by atoms with van der Waals surface area (Å²) in [5.41, 5.74) is 3.82. The van der Waals surface area contributed by atoms with Crippen LogP contribution in [0, 0.1) is 19.7 Å². The second kappa shape index (κ2) is 7.94. The highest BCUT2D eigenvalue weighted by atomic mass is 19.1. The van der Waals surface area contributed by atoms with Gasteiger partial charge in [-0.2, -0.15) is 5.10 Å². The van der Waals surface area contributed by atoms with Gasteiger partial charge in [-0.15, -0.1) is 0 Å². The second-order valence-electron chi connectivity index (χ2n) is 8.79. The van der Waals surface area contributed by atoms with Crippen molar-refractivity contribution in [2.75, 3.05) is 24.5 Å². The van der Waals surface area contributed by atoms with Crippen LogP contribution in [-0.4, -0.2) is 45.0 Å². The van der Waals surface area contributed by atoms with Crippen molar-refractivity contribution in [1.29, 1.82) is 0 Å². The van der Waals surface area contributed by atoms with E-state index >= 15 is 0 Å². The molecule has 0 N–H and O–H groups in total. The van der Waals surface area contributed by atoms with Crippen LogP contribution in [0.2, 0.25) is 0 Å². The van der Waals surface area contributed by atoms with Crippen molar-refractivity contribution in [1.82, 2.24) is 19.5 Å². The number of rotatable bonds is 3. The van der Waals surface area contributed by atoms with Gasteiger partial charge in [-0.25, -0.2) is 13.9 Å². The van der Waals surface area contributed by atoms with Crippen LogP contribution < -0.4 is 4.90 Å². The summed E-state index contributed by atoms with van der Waals surface area (Å²) in [6, 6.07) is 6.52. The largest absolute Gasteiger partial charge is 0.356 e. The second-order valence-corrected chi connectivity index (χ2v) is 8.79. The molecule has 0 bridgehead atoms. The van der Waals surface area contributed by atoms with E-state index in [4.69, 9.17) is 10.1 Å². The number of hydrogen-bond donors (Lipinski definition) is 0. The zero-order chi connectivity index (χ0) is 21.5. The maximum Gasteiger partial charge on any atom is 0.254 e. The van der Waals surface area contributed by atoms with Gasteiger partial charge in [-0.3, -0.25) is 4.79 Å². The van der Waals surface area contributed by atoms with Crippen LogP contribution in [0.25, 0.3) is 5.65 Å². The zero-order valence-electron chi connectivity index (χ0n) is 18.1. The third-order valence-electron chi connectivity index (χ3n) is 6.54. The maximum absolute atomic E-state index is 13.7. The minimum Gasteiger partial charge on any atom is -0.356 e. The molecule has 1 amide bonds. The Labute approximate surface area is 181 Å². The summed E-state index contributed by atoms with van der Waals surface area (Å²) in [7, 11) is 0. The lowest BCUT2D eigenvalue weighted by Crippen LogP contribution is -2.38. The van der Waals surface area contributed by atoms with Crippen molar-refractivity contribution < 1.29 is 9.18 Å². The summed E-state index contributed by atoms with van der Waals surface area (Å²) in [6.45, 7) is 6.54. The third-order valence-corrected chi connectivity index (χ3v) is 6.54. The Hall–Kier alpha value is -2.96. The Morgan fingerprint density at radius 3 is 2.58 bits per heavy atom. The van der Waals surface area contributed by atoms with Gasteiger partial charge in [0.25, 0.3) is 5.91 Å². The highest BCUT2D eigenvalue weighted by Crippen LogP contribution is 2.33. The van der Waals surface area contributed by atoms with E-state index in [1.807, 2.05) is 21.7 Å². The fourth-order valence-corrected chi connectivity index (χ4v) is 4.86. The molecule has 2 aromatic heterocycles. The van der Waals surface area contributed by atoms with E-state index in [9.17, 15) is 9.18 Å². The molecule has 0 spiro atoms. The Morgan fingerprint density at radius 1 is 1.03 bits per heavy atom. The van der Waals surface area contributed by atoms with Crippen molar-refractivity contribution in [3.8, 4) is 0 Å². The fraction of sp³-hybridized carbons (Fsp3) is 0.458. The molecular weight excluding hydrogens is 393 g/mol. The first-order valence-corrected chi connectivity index (χ1v) is 11.2. The van der Waals surface area contributed by atoms with Crippen molar-refractivity contribution >= 4 is 17.4 Å². The van der Waals surface area contributed by atoms with Crippen LogP contribution >= 0.6 is 0 Å². The Morgan fingerprint density at radius 2 is 1.81 bits per heavy atom. The van der Waals surface area contributed by atoms with Crippen molar-refractivity contribution in [3.63, 3.8) is 0 Å². The predicted octanol–water partition coefficient (Wildman–Crippen LogP) is 4.45. The number of hydrogen-bond acceptors (Lipinski definition) is 4. The lowest BCUT2D eigenvalue weighted by molar-refractivity contribution is 0.0605. The summed E-state index contributed by atoms with van der Waals surface area (Å²) in [4.78, 5) is 22.4. The Balaban J connectivity index is 1.48. The Kier molecular flexibility index (Phi) is 5.12. The number of likely N-dealkylation sites (tertiary alicyclic amines) is 1. The first-order chi connectivity index (χ1) is 15.0. The molecule has 1 atom stereocenters. The molecule has 1 unspecified atom stereocenters. The fourth-order valence-electron chi connectivity index (χ4n) is 4.86. The summed E-state index contributed by atoms with van der Waals surface area (Å²) < 4.78 is 15.5. The zero-order valence-corrected chi connectivity index (χ0v) is 18.1. The number of aryl methyl sites for hydroxylation is 2. The lowest BCUT2D eigenvalue weighted by atomic mass is 9.98. The smallest absolute Gasteiger partial charge is 0.254 e. The lowest BCUT2D eigenvalue weighted by Gasteiger charge is -2.34.